The number of piperidine rings is 1. The van der Waals surface area contributed by atoms with Gasteiger partial charge in [-0.15, -0.1) is 12.4 Å². The molecular formula is C19H27ClN4O2. The van der Waals surface area contributed by atoms with Gasteiger partial charge < -0.3 is 14.7 Å². The SMILES string of the molecule is CC(C)(C)c1noc2ncc(C(=O)N3CCC4(CCNC4)CC3)cc12.Cl. The molecule has 0 radical (unpaired) electrons. The zero-order chi connectivity index (χ0) is 17.7. The predicted octanol–water partition coefficient (Wildman–Crippen LogP) is 3.16. The van der Waals surface area contributed by atoms with Crippen molar-refractivity contribution in [1.82, 2.24) is 20.4 Å². The van der Waals surface area contributed by atoms with Crippen molar-refractivity contribution in [1.29, 1.82) is 0 Å². The Morgan fingerprint density at radius 1 is 1.27 bits per heavy atom. The first-order chi connectivity index (χ1) is 11.9. The molecule has 2 fully saturated rings. The van der Waals surface area contributed by atoms with E-state index in [2.05, 4.69) is 36.2 Å². The second kappa shape index (κ2) is 6.82. The van der Waals surface area contributed by atoms with E-state index in [9.17, 15) is 4.79 Å². The van der Waals surface area contributed by atoms with E-state index in [-0.39, 0.29) is 23.7 Å². The fourth-order valence-electron chi connectivity index (χ4n) is 4.08. The number of amides is 1. The quantitative estimate of drug-likeness (QED) is 0.825. The standard InChI is InChI=1S/C19H26N4O2.ClH/c1-18(2,3)15-14-10-13(11-21-16(14)25-22-15)17(24)23-8-5-19(6-9-23)4-7-20-12-19;/h10-11,20H,4-9,12H2,1-3H3;1H. The summed E-state index contributed by atoms with van der Waals surface area (Å²) in [6.07, 6.45) is 5.02. The minimum absolute atomic E-state index is 0. The second-order valence-electron chi connectivity index (χ2n) is 8.58. The van der Waals surface area contributed by atoms with E-state index in [1.165, 1.54) is 6.42 Å². The Kier molecular flexibility index (Phi) is 5.01. The number of rotatable bonds is 1. The lowest BCUT2D eigenvalue weighted by Gasteiger charge is -2.38. The Labute approximate surface area is 160 Å². The fourth-order valence-corrected chi connectivity index (χ4v) is 4.08. The van der Waals surface area contributed by atoms with Crippen LogP contribution in [0.1, 0.15) is 56.1 Å². The number of likely N-dealkylation sites (tertiary alicyclic amines) is 1. The van der Waals surface area contributed by atoms with Crippen LogP contribution < -0.4 is 5.32 Å². The molecule has 0 bridgehead atoms. The van der Waals surface area contributed by atoms with Gasteiger partial charge in [-0.2, -0.15) is 0 Å². The summed E-state index contributed by atoms with van der Waals surface area (Å²) in [5.41, 5.74) is 2.23. The minimum atomic E-state index is -0.151. The van der Waals surface area contributed by atoms with Crippen LogP contribution in [0.25, 0.3) is 11.1 Å². The number of halogens is 1. The molecule has 2 aliphatic rings. The Hall–Kier alpha value is -1.66. The van der Waals surface area contributed by atoms with E-state index in [0.717, 1.165) is 50.1 Å². The zero-order valence-electron chi connectivity index (χ0n) is 15.7. The van der Waals surface area contributed by atoms with E-state index in [4.69, 9.17) is 4.52 Å². The van der Waals surface area contributed by atoms with Gasteiger partial charge in [-0.3, -0.25) is 4.79 Å². The number of nitrogens with one attached hydrogen (secondary N) is 1. The maximum Gasteiger partial charge on any atom is 0.257 e. The molecule has 0 atom stereocenters. The van der Waals surface area contributed by atoms with Crippen molar-refractivity contribution in [3.05, 3.63) is 23.5 Å². The summed E-state index contributed by atoms with van der Waals surface area (Å²) >= 11 is 0. The molecule has 0 unspecified atom stereocenters. The molecule has 2 aromatic heterocycles. The second-order valence-corrected chi connectivity index (χ2v) is 8.58. The first-order valence-electron chi connectivity index (χ1n) is 9.14. The molecule has 0 aromatic carbocycles. The van der Waals surface area contributed by atoms with E-state index in [1.54, 1.807) is 6.20 Å². The van der Waals surface area contributed by atoms with Gasteiger partial charge >= 0.3 is 0 Å². The van der Waals surface area contributed by atoms with Gasteiger partial charge in [0.1, 0.15) is 0 Å². The highest BCUT2D eigenvalue weighted by Gasteiger charge is 2.38. The highest BCUT2D eigenvalue weighted by Crippen LogP contribution is 2.37. The Balaban J connectivity index is 0.00000196. The van der Waals surface area contributed by atoms with Gasteiger partial charge in [-0.25, -0.2) is 4.98 Å². The first kappa shape index (κ1) is 19.1. The molecule has 1 amide bonds. The van der Waals surface area contributed by atoms with Gasteiger partial charge in [0.05, 0.1) is 16.6 Å². The molecule has 0 saturated carbocycles. The molecule has 26 heavy (non-hydrogen) atoms. The van der Waals surface area contributed by atoms with E-state index in [0.29, 0.717) is 16.7 Å². The highest BCUT2D eigenvalue weighted by atomic mass is 35.5. The summed E-state index contributed by atoms with van der Waals surface area (Å²) in [7, 11) is 0. The lowest BCUT2D eigenvalue weighted by Crippen LogP contribution is -2.44. The number of carbonyl (C=O) groups excluding carboxylic acids is 1. The number of pyridine rings is 1. The summed E-state index contributed by atoms with van der Waals surface area (Å²) in [5, 5.41) is 8.46. The number of nitrogens with zero attached hydrogens (tertiary/aromatic N) is 3. The normalized spacial score (nSPS) is 19.7. The average molecular weight is 379 g/mol. The maximum atomic E-state index is 12.9. The summed E-state index contributed by atoms with van der Waals surface area (Å²) in [6, 6.07) is 1.89. The maximum absolute atomic E-state index is 12.9. The lowest BCUT2D eigenvalue weighted by atomic mass is 9.78. The summed E-state index contributed by atoms with van der Waals surface area (Å²) < 4.78 is 5.33. The Bertz CT molecular complexity index is 795. The lowest BCUT2D eigenvalue weighted by molar-refractivity contribution is 0.0607. The van der Waals surface area contributed by atoms with E-state index in [1.807, 2.05) is 11.0 Å². The van der Waals surface area contributed by atoms with Gasteiger partial charge in [0, 0.05) is 31.2 Å². The number of fused-ring (bicyclic) bond motifs is 1. The van der Waals surface area contributed by atoms with Crippen LogP contribution in [-0.2, 0) is 5.41 Å². The van der Waals surface area contributed by atoms with E-state index >= 15 is 0 Å². The van der Waals surface area contributed by atoms with Crippen LogP contribution >= 0.6 is 12.4 Å². The van der Waals surface area contributed by atoms with Gasteiger partial charge in [0.15, 0.2) is 0 Å². The monoisotopic (exact) mass is 378 g/mol. The molecule has 1 spiro atoms. The molecule has 2 aromatic rings. The van der Waals surface area contributed by atoms with Crippen LogP contribution in [0.5, 0.6) is 0 Å². The molecule has 7 heteroatoms. The third kappa shape index (κ3) is 3.32. The molecule has 0 aliphatic carbocycles. The average Bonchev–Trinajstić information content (AvgIpc) is 3.21. The van der Waals surface area contributed by atoms with Crippen LogP contribution in [0.4, 0.5) is 0 Å². The van der Waals surface area contributed by atoms with Gasteiger partial charge in [0.25, 0.3) is 11.6 Å². The number of hydrogen-bond donors (Lipinski definition) is 1. The number of carbonyl (C=O) groups is 1. The van der Waals surface area contributed by atoms with Crippen LogP contribution in [0.2, 0.25) is 0 Å². The molecular weight excluding hydrogens is 352 g/mol. The topological polar surface area (TPSA) is 71.3 Å². The third-order valence-electron chi connectivity index (χ3n) is 5.73. The highest BCUT2D eigenvalue weighted by molar-refractivity contribution is 5.97. The van der Waals surface area contributed by atoms with Crippen molar-refractivity contribution in [2.45, 2.75) is 45.4 Å². The van der Waals surface area contributed by atoms with Crippen molar-refractivity contribution < 1.29 is 9.32 Å². The van der Waals surface area contributed by atoms with Gasteiger partial charge in [-0.05, 0) is 37.3 Å². The summed E-state index contributed by atoms with van der Waals surface area (Å²) in [4.78, 5) is 19.2. The fraction of sp³-hybridized carbons (Fsp3) is 0.632. The molecule has 2 saturated heterocycles. The Morgan fingerprint density at radius 3 is 2.62 bits per heavy atom. The zero-order valence-corrected chi connectivity index (χ0v) is 16.5. The van der Waals surface area contributed by atoms with Crippen LogP contribution in [-0.4, -0.2) is 47.1 Å². The molecule has 4 heterocycles. The van der Waals surface area contributed by atoms with Crippen LogP contribution in [0.3, 0.4) is 0 Å². The first-order valence-corrected chi connectivity index (χ1v) is 9.14. The van der Waals surface area contributed by atoms with Crippen molar-refractivity contribution in [2.75, 3.05) is 26.2 Å². The van der Waals surface area contributed by atoms with Crippen molar-refractivity contribution >= 4 is 29.4 Å². The molecule has 1 N–H and O–H groups in total. The number of hydrogen-bond acceptors (Lipinski definition) is 5. The van der Waals surface area contributed by atoms with Crippen molar-refractivity contribution in [2.24, 2.45) is 5.41 Å². The Morgan fingerprint density at radius 2 is 2.00 bits per heavy atom. The number of aromatic nitrogens is 2. The minimum Gasteiger partial charge on any atom is -0.339 e. The third-order valence-corrected chi connectivity index (χ3v) is 5.73. The van der Waals surface area contributed by atoms with Crippen molar-refractivity contribution in [3.63, 3.8) is 0 Å². The van der Waals surface area contributed by atoms with Crippen molar-refractivity contribution in [3.8, 4) is 0 Å². The molecule has 2 aliphatic heterocycles. The smallest absolute Gasteiger partial charge is 0.257 e. The van der Waals surface area contributed by atoms with Crippen LogP contribution in [0.15, 0.2) is 16.8 Å². The van der Waals surface area contributed by atoms with Gasteiger partial charge in [0.2, 0.25) is 0 Å². The van der Waals surface area contributed by atoms with Crippen LogP contribution in [0, 0.1) is 5.41 Å². The van der Waals surface area contributed by atoms with Gasteiger partial charge in [-0.1, -0.05) is 25.9 Å². The van der Waals surface area contributed by atoms with E-state index < -0.39 is 0 Å². The largest absolute Gasteiger partial charge is 0.339 e. The molecule has 4 rings (SSSR count). The molecule has 142 valence electrons. The summed E-state index contributed by atoms with van der Waals surface area (Å²) in [6.45, 7) is 10.1. The summed E-state index contributed by atoms with van der Waals surface area (Å²) in [5.74, 6) is 0.0660. The molecule has 6 nitrogen and oxygen atoms in total. The predicted molar refractivity (Wildman–Crippen MR) is 103 cm³/mol.